The van der Waals surface area contributed by atoms with Crippen molar-refractivity contribution in [3.8, 4) is 0 Å². The molecule has 1 unspecified atom stereocenters. The van der Waals surface area contributed by atoms with Gasteiger partial charge < -0.3 is 10.0 Å². The van der Waals surface area contributed by atoms with Gasteiger partial charge in [0.15, 0.2) is 0 Å². The van der Waals surface area contributed by atoms with Crippen molar-refractivity contribution in [2.45, 2.75) is 6.42 Å². The molecule has 0 saturated carbocycles. The Bertz CT molecular complexity index is 405. The monoisotopic (exact) mass is 348 g/mol. The van der Waals surface area contributed by atoms with Crippen LogP contribution in [0.4, 0.5) is 5.69 Å². The molecule has 1 aromatic heterocycles. The van der Waals surface area contributed by atoms with E-state index in [0.29, 0.717) is 22.2 Å². The van der Waals surface area contributed by atoms with Crippen LogP contribution in [0, 0.1) is 5.92 Å². The predicted molar refractivity (Wildman–Crippen MR) is 67.2 cm³/mol. The molecule has 2 rings (SSSR count). The maximum absolute atomic E-state index is 11.7. The Morgan fingerprint density at radius 1 is 1.44 bits per heavy atom. The number of rotatable bonds is 2. The molecule has 0 radical (unpaired) electrons. The van der Waals surface area contributed by atoms with E-state index < -0.39 is 0 Å². The molecule has 86 valence electrons. The zero-order chi connectivity index (χ0) is 11.7. The van der Waals surface area contributed by atoms with E-state index in [0.717, 1.165) is 5.69 Å². The van der Waals surface area contributed by atoms with Crippen molar-refractivity contribution in [1.29, 1.82) is 0 Å². The van der Waals surface area contributed by atoms with E-state index in [1.54, 1.807) is 17.0 Å². The van der Waals surface area contributed by atoms with Crippen molar-refractivity contribution in [2.24, 2.45) is 5.92 Å². The molecule has 0 spiro atoms. The summed E-state index contributed by atoms with van der Waals surface area (Å²) in [6.07, 6.45) is 0.411. The van der Waals surface area contributed by atoms with Crippen molar-refractivity contribution in [2.75, 3.05) is 18.1 Å². The molecule has 6 heteroatoms. The molecule has 1 aliphatic heterocycles. The van der Waals surface area contributed by atoms with E-state index in [4.69, 9.17) is 5.11 Å². The largest absolute Gasteiger partial charge is 0.396 e. The van der Waals surface area contributed by atoms with Gasteiger partial charge in [-0.2, -0.15) is 0 Å². The molecule has 1 aromatic rings. The molecule has 1 atom stereocenters. The van der Waals surface area contributed by atoms with Gasteiger partial charge in [0.25, 0.3) is 0 Å². The Morgan fingerprint density at radius 3 is 2.56 bits per heavy atom. The summed E-state index contributed by atoms with van der Waals surface area (Å²) in [5.41, 5.74) is 0.801. The molecule has 1 saturated heterocycles. The lowest BCUT2D eigenvalue weighted by Gasteiger charge is -2.16. The highest BCUT2D eigenvalue weighted by Crippen LogP contribution is 2.28. The molecule has 0 aliphatic carbocycles. The van der Waals surface area contributed by atoms with Gasteiger partial charge in [-0.25, -0.2) is 4.98 Å². The number of pyridine rings is 1. The fraction of sp³-hybridized carbons (Fsp3) is 0.400. The molecule has 1 aliphatic rings. The first kappa shape index (κ1) is 12.0. The normalized spacial score (nSPS) is 20.6. The summed E-state index contributed by atoms with van der Waals surface area (Å²) in [6, 6.07) is 3.59. The molecule has 1 N–H and O–H groups in total. The van der Waals surface area contributed by atoms with Gasteiger partial charge in [-0.1, -0.05) is 0 Å². The van der Waals surface area contributed by atoms with Gasteiger partial charge in [0.1, 0.15) is 9.21 Å². The predicted octanol–water partition coefficient (Wildman–Crippen LogP) is 1.95. The van der Waals surface area contributed by atoms with Crippen molar-refractivity contribution in [3.05, 3.63) is 21.3 Å². The van der Waals surface area contributed by atoms with Crippen molar-refractivity contribution >= 4 is 43.5 Å². The molecular weight excluding hydrogens is 340 g/mol. The van der Waals surface area contributed by atoms with Gasteiger partial charge >= 0.3 is 0 Å². The number of hydrogen-bond acceptors (Lipinski definition) is 3. The van der Waals surface area contributed by atoms with E-state index in [1.165, 1.54) is 0 Å². The Morgan fingerprint density at radius 2 is 2.06 bits per heavy atom. The number of aromatic nitrogens is 1. The third kappa shape index (κ3) is 2.44. The van der Waals surface area contributed by atoms with Crippen LogP contribution < -0.4 is 4.90 Å². The van der Waals surface area contributed by atoms with Crippen LogP contribution in [0.1, 0.15) is 6.42 Å². The highest BCUT2D eigenvalue weighted by atomic mass is 79.9. The molecule has 1 amide bonds. The zero-order valence-corrected chi connectivity index (χ0v) is 11.5. The van der Waals surface area contributed by atoms with Crippen LogP contribution in [0.15, 0.2) is 21.3 Å². The average Bonchev–Trinajstić information content (AvgIpc) is 2.58. The number of carbonyl (C=O) groups is 1. The first-order chi connectivity index (χ1) is 7.60. The lowest BCUT2D eigenvalue weighted by Crippen LogP contribution is -2.24. The summed E-state index contributed by atoms with van der Waals surface area (Å²) in [7, 11) is 0. The molecule has 2 heterocycles. The van der Waals surface area contributed by atoms with Crippen LogP contribution >= 0.6 is 31.9 Å². The maximum Gasteiger partial charge on any atom is 0.227 e. The molecular formula is C10H10Br2N2O2. The second-order valence-electron chi connectivity index (χ2n) is 3.73. The lowest BCUT2D eigenvalue weighted by molar-refractivity contribution is -0.117. The minimum Gasteiger partial charge on any atom is -0.396 e. The molecule has 1 fully saturated rings. The van der Waals surface area contributed by atoms with Crippen LogP contribution in [0.2, 0.25) is 0 Å². The maximum atomic E-state index is 11.7. The molecule has 16 heavy (non-hydrogen) atoms. The van der Waals surface area contributed by atoms with Crippen molar-refractivity contribution in [1.82, 2.24) is 4.98 Å². The summed E-state index contributed by atoms with van der Waals surface area (Å²) in [6.45, 7) is 0.619. The fourth-order valence-electron chi connectivity index (χ4n) is 1.76. The summed E-state index contributed by atoms with van der Waals surface area (Å²) in [5.74, 6) is 0.0854. The Balaban J connectivity index is 2.27. The van der Waals surface area contributed by atoms with Crippen LogP contribution in [0.3, 0.4) is 0 Å². The van der Waals surface area contributed by atoms with Gasteiger partial charge in [0, 0.05) is 31.2 Å². The molecule has 0 aromatic carbocycles. The fourth-order valence-corrected chi connectivity index (χ4v) is 2.85. The van der Waals surface area contributed by atoms with Crippen molar-refractivity contribution in [3.63, 3.8) is 0 Å². The minimum absolute atomic E-state index is 0.0400. The Labute approximate surface area is 110 Å². The average molecular weight is 350 g/mol. The van der Waals surface area contributed by atoms with E-state index in [1.807, 2.05) is 0 Å². The van der Waals surface area contributed by atoms with E-state index >= 15 is 0 Å². The van der Waals surface area contributed by atoms with E-state index in [9.17, 15) is 4.79 Å². The standard InChI is InChI=1S/C10H10Br2N2O2/c11-8-2-7(3-9(12)13-8)14-4-6(5-15)1-10(14)16/h2-3,6,15H,1,4-5H2. The number of carbonyl (C=O) groups excluding carboxylic acids is 1. The first-order valence-corrected chi connectivity index (χ1v) is 6.43. The van der Waals surface area contributed by atoms with Gasteiger partial charge in [0.05, 0.1) is 0 Å². The summed E-state index contributed by atoms with van der Waals surface area (Å²) < 4.78 is 1.36. The van der Waals surface area contributed by atoms with Crippen molar-refractivity contribution < 1.29 is 9.90 Å². The van der Waals surface area contributed by atoms with Gasteiger partial charge in [-0.15, -0.1) is 0 Å². The van der Waals surface area contributed by atoms with Crippen LogP contribution in [-0.4, -0.2) is 29.1 Å². The quantitative estimate of drug-likeness (QED) is 0.830. The Hall–Kier alpha value is -0.460. The van der Waals surface area contributed by atoms with E-state index in [-0.39, 0.29) is 18.4 Å². The van der Waals surface area contributed by atoms with Gasteiger partial charge in [0.2, 0.25) is 5.91 Å². The summed E-state index contributed by atoms with van der Waals surface area (Å²) in [4.78, 5) is 17.5. The number of hydrogen-bond donors (Lipinski definition) is 1. The first-order valence-electron chi connectivity index (χ1n) is 4.84. The second kappa shape index (κ2) is 4.81. The van der Waals surface area contributed by atoms with Crippen LogP contribution in [0.25, 0.3) is 0 Å². The number of amides is 1. The minimum atomic E-state index is 0.0400. The second-order valence-corrected chi connectivity index (χ2v) is 5.35. The SMILES string of the molecule is O=C1CC(CO)CN1c1cc(Br)nc(Br)c1. The zero-order valence-electron chi connectivity index (χ0n) is 8.36. The van der Waals surface area contributed by atoms with Crippen LogP contribution in [-0.2, 0) is 4.79 Å². The van der Waals surface area contributed by atoms with Gasteiger partial charge in [-0.05, 0) is 44.0 Å². The Kier molecular flexibility index (Phi) is 3.61. The number of nitrogens with zero attached hydrogens (tertiary/aromatic N) is 2. The smallest absolute Gasteiger partial charge is 0.227 e. The number of halogens is 2. The highest BCUT2D eigenvalue weighted by Gasteiger charge is 2.30. The number of aliphatic hydroxyl groups excluding tert-OH is 1. The van der Waals surface area contributed by atoms with Crippen LogP contribution in [0.5, 0.6) is 0 Å². The highest BCUT2D eigenvalue weighted by molar-refractivity contribution is 9.11. The summed E-state index contributed by atoms with van der Waals surface area (Å²) >= 11 is 6.57. The third-order valence-electron chi connectivity index (χ3n) is 2.52. The lowest BCUT2D eigenvalue weighted by atomic mass is 10.1. The number of anilines is 1. The topological polar surface area (TPSA) is 53.4 Å². The van der Waals surface area contributed by atoms with E-state index in [2.05, 4.69) is 36.8 Å². The van der Waals surface area contributed by atoms with Gasteiger partial charge in [-0.3, -0.25) is 4.79 Å². The summed E-state index contributed by atoms with van der Waals surface area (Å²) in [5, 5.41) is 9.05. The third-order valence-corrected chi connectivity index (χ3v) is 3.34. The number of aliphatic hydroxyl groups is 1. The molecule has 4 nitrogen and oxygen atoms in total. The molecule has 0 bridgehead atoms.